The maximum Gasteiger partial charge on any atom is 0.256 e. The summed E-state index contributed by atoms with van der Waals surface area (Å²) in [6.45, 7) is 2.44. The average molecular weight is 383 g/mol. The highest BCUT2D eigenvalue weighted by molar-refractivity contribution is 7.99. The largest absolute Gasteiger partial charge is 0.506 e. The molecule has 1 saturated carbocycles. The number of rotatable bonds is 8. The zero-order valence-electron chi connectivity index (χ0n) is 14.6. The van der Waals surface area contributed by atoms with Crippen molar-refractivity contribution in [2.24, 2.45) is 5.92 Å². The van der Waals surface area contributed by atoms with E-state index in [9.17, 15) is 9.90 Å². The van der Waals surface area contributed by atoms with Crippen LogP contribution in [-0.4, -0.2) is 43.2 Å². The SMILES string of the molecule is CNC(=O)C(C(=N)C1CC1)=C(O)c1ccc(Cl)c(SCCOC)c1C. The molecule has 0 aliphatic heterocycles. The first-order valence-electron chi connectivity index (χ1n) is 8.07. The van der Waals surface area contributed by atoms with E-state index in [-0.39, 0.29) is 23.0 Å². The number of amides is 1. The van der Waals surface area contributed by atoms with Crippen LogP contribution in [0.5, 0.6) is 0 Å². The van der Waals surface area contributed by atoms with Crippen LogP contribution in [0.15, 0.2) is 22.6 Å². The van der Waals surface area contributed by atoms with Crippen LogP contribution in [-0.2, 0) is 9.53 Å². The minimum absolute atomic E-state index is 0.0447. The van der Waals surface area contributed by atoms with E-state index in [0.717, 1.165) is 29.1 Å². The summed E-state index contributed by atoms with van der Waals surface area (Å²) in [5, 5.41) is 22.2. The Morgan fingerprint density at radius 3 is 2.72 bits per heavy atom. The summed E-state index contributed by atoms with van der Waals surface area (Å²) in [5.74, 6) is 0.166. The lowest BCUT2D eigenvalue weighted by Gasteiger charge is -2.16. The molecule has 0 atom stereocenters. The number of nitrogens with one attached hydrogen (secondary N) is 2. The van der Waals surface area contributed by atoms with Gasteiger partial charge in [-0.25, -0.2) is 0 Å². The molecule has 25 heavy (non-hydrogen) atoms. The van der Waals surface area contributed by atoms with Gasteiger partial charge in [-0.05, 0) is 37.5 Å². The number of aliphatic hydroxyl groups is 1. The maximum atomic E-state index is 12.3. The number of halogens is 1. The second-order valence-electron chi connectivity index (χ2n) is 5.88. The van der Waals surface area contributed by atoms with Crippen molar-refractivity contribution in [3.05, 3.63) is 33.9 Å². The van der Waals surface area contributed by atoms with Crippen LogP contribution >= 0.6 is 23.4 Å². The van der Waals surface area contributed by atoms with Gasteiger partial charge in [0, 0.05) is 36.3 Å². The molecule has 1 aromatic carbocycles. The van der Waals surface area contributed by atoms with Gasteiger partial charge in [-0.2, -0.15) is 0 Å². The molecular formula is C18H23ClN2O3S. The first-order chi connectivity index (χ1) is 11.9. The highest BCUT2D eigenvalue weighted by Crippen LogP contribution is 2.37. The molecule has 1 aliphatic carbocycles. The zero-order chi connectivity index (χ0) is 18.6. The third-order valence-corrected chi connectivity index (χ3v) is 5.71. The smallest absolute Gasteiger partial charge is 0.256 e. The Hall–Kier alpha value is -1.50. The predicted molar refractivity (Wildman–Crippen MR) is 103 cm³/mol. The molecule has 0 aromatic heterocycles. The van der Waals surface area contributed by atoms with Crippen molar-refractivity contribution >= 4 is 40.7 Å². The maximum absolute atomic E-state index is 12.3. The lowest BCUT2D eigenvalue weighted by Crippen LogP contribution is -2.27. The molecule has 0 unspecified atom stereocenters. The summed E-state index contributed by atoms with van der Waals surface area (Å²) in [4.78, 5) is 13.1. The van der Waals surface area contributed by atoms with Crippen molar-refractivity contribution in [3.8, 4) is 0 Å². The van der Waals surface area contributed by atoms with E-state index in [1.165, 1.54) is 18.8 Å². The van der Waals surface area contributed by atoms with Gasteiger partial charge < -0.3 is 20.6 Å². The fourth-order valence-electron chi connectivity index (χ4n) is 2.51. The number of aliphatic hydroxyl groups excluding tert-OH is 1. The Bertz CT molecular complexity index is 715. The minimum Gasteiger partial charge on any atom is -0.506 e. The fourth-order valence-corrected chi connectivity index (χ4v) is 3.87. The highest BCUT2D eigenvalue weighted by Gasteiger charge is 2.33. The summed E-state index contributed by atoms with van der Waals surface area (Å²) < 4.78 is 5.07. The third-order valence-electron chi connectivity index (χ3n) is 4.09. The average Bonchev–Trinajstić information content (AvgIpc) is 3.42. The molecule has 0 saturated heterocycles. The minimum atomic E-state index is -0.447. The summed E-state index contributed by atoms with van der Waals surface area (Å²) in [7, 11) is 3.13. The Morgan fingerprint density at radius 2 is 2.16 bits per heavy atom. The molecule has 5 nitrogen and oxygen atoms in total. The molecule has 0 spiro atoms. The lowest BCUT2D eigenvalue weighted by atomic mass is 9.98. The number of benzene rings is 1. The second-order valence-corrected chi connectivity index (χ2v) is 7.39. The van der Waals surface area contributed by atoms with E-state index >= 15 is 0 Å². The summed E-state index contributed by atoms with van der Waals surface area (Å²) in [5.41, 5.74) is 1.55. The van der Waals surface area contributed by atoms with Gasteiger partial charge in [0.05, 0.1) is 17.3 Å². The topological polar surface area (TPSA) is 82.4 Å². The van der Waals surface area contributed by atoms with E-state index < -0.39 is 5.91 Å². The molecule has 2 rings (SSSR count). The highest BCUT2D eigenvalue weighted by atomic mass is 35.5. The molecule has 1 amide bonds. The monoisotopic (exact) mass is 382 g/mol. The van der Waals surface area contributed by atoms with Crippen molar-refractivity contribution in [2.75, 3.05) is 26.5 Å². The summed E-state index contributed by atoms with van der Waals surface area (Å²) in [6.07, 6.45) is 1.76. The molecule has 1 aliphatic rings. The van der Waals surface area contributed by atoms with Crippen LogP contribution in [0.25, 0.3) is 5.76 Å². The van der Waals surface area contributed by atoms with Gasteiger partial charge in [0.1, 0.15) is 11.3 Å². The third kappa shape index (κ3) is 4.57. The van der Waals surface area contributed by atoms with E-state index in [0.29, 0.717) is 17.2 Å². The van der Waals surface area contributed by atoms with Crippen LogP contribution in [0.4, 0.5) is 0 Å². The van der Waals surface area contributed by atoms with E-state index in [1.807, 2.05) is 6.92 Å². The first kappa shape index (κ1) is 19.8. The van der Waals surface area contributed by atoms with E-state index in [2.05, 4.69) is 5.32 Å². The van der Waals surface area contributed by atoms with Gasteiger partial charge in [0.15, 0.2) is 0 Å². The number of methoxy groups -OCH3 is 1. The number of ether oxygens (including phenoxy) is 1. The lowest BCUT2D eigenvalue weighted by molar-refractivity contribution is -0.116. The Kier molecular flexibility index (Phi) is 6.93. The molecule has 1 fully saturated rings. The van der Waals surface area contributed by atoms with Gasteiger partial charge in [0.2, 0.25) is 0 Å². The number of carbonyl (C=O) groups is 1. The van der Waals surface area contributed by atoms with Gasteiger partial charge in [0.25, 0.3) is 5.91 Å². The van der Waals surface area contributed by atoms with Gasteiger partial charge in [-0.1, -0.05) is 11.6 Å². The molecule has 0 radical (unpaired) electrons. The van der Waals surface area contributed by atoms with Gasteiger partial charge in [-0.15, -0.1) is 11.8 Å². The molecular weight excluding hydrogens is 360 g/mol. The number of thioether (sulfide) groups is 1. The number of likely N-dealkylation sites (N-methyl/N-ethyl adjacent to an activating group) is 1. The number of hydrogen-bond donors (Lipinski definition) is 3. The molecule has 7 heteroatoms. The van der Waals surface area contributed by atoms with E-state index in [4.69, 9.17) is 21.7 Å². The standard InChI is InChI=1S/C18H23ClN2O3S/c1-10-12(6-7-13(19)17(10)25-9-8-24-3)16(22)14(18(23)21-2)15(20)11-4-5-11/h6-7,11,20,22H,4-5,8-9H2,1-3H3,(H,21,23). The first-order valence-corrected chi connectivity index (χ1v) is 9.44. The Labute approximate surface area is 157 Å². The van der Waals surface area contributed by atoms with Crippen molar-refractivity contribution < 1.29 is 14.6 Å². The van der Waals surface area contributed by atoms with Crippen LogP contribution in [0.2, 0.25) is 5.02 Å². The Balaban J connectivity index is 2.47. The number of hydrogen-bond acceptors (Lipinski definition) is 5. The second kappa shape index (κ2) is 8.74. The van der Waals surface area contributed by atoms with Gasteiger partial charge >= 0.3 is 0 Å². The van der Waals surface area contributed by atoms with Gasteiger partial charge in [-0.3, -0.25) is 4.79 Å². The molecule has 0 bridgehead atoms. The molecule has 1 aromatic rings. The normalized spacial score (nSPS) is 14.9. The van der Waals surface area contributed by atoms with E-state index in [1.54, 1.807) is 19.2 Å². The molecule has 3 N–H and O–H groups in total. The van der Waals surface area contributed by atoms with Crippen LogP contribution in [0, 0.1) is 18.3 Å². The summed E-state index contributed by atoms with van der Waals surface area (Å²) in [6, 6.07) is 3.40. The van der Waals surface area contributed by atoms with Crippen molar-refractivity contribution in [1.82, 2.24) is 5.32 Å². The summed E-state index contributed by atoms with van der Waals surface area (Å²) >= 11 is 7.83. The fraction of sp³-hybridized carbons (Fsp3) is 0.444. The van der Waals surface area contributed by atoms with Crippen molar-refractivity contribution in [2.45, 2.75) is 24.7 Å². The van der Waals surface area contributed by atoms with Crippen LogP contribution in [0.1, 0.15) is 24.0 Å². The zero-order valence-corrected chi connectivity index (χ0v) is 16.2. The predicted octanol–water partition coefficient (Wildman–Crippen LogP) is 3.83. The van der Waals surface area contributed by atoms with Crippen molar-refractivity contribution in [1.29, 1.82) is 5.41 Å². The quantitative estimate of drug-likeness (QED) is 0.210. The van der Waals surface area contributed by atoms with Crippen LogP contribution < -0.4 is 5.32 Å². The van der Waals surface area contributed by atoms with Crippen LogP contribution in [0.3, 0.4) is 0 Å². The molecule has 136 valence electrons. The number of carbonyl (C=O) groups excluding carboxylic acids is 1. The van der Waals surface area contributed by atoms with Crippen molar-refractivity contribution in [3.63, 3.8) is 0 Å². The Morgan fingerprint density at radius 1 is 1.48 bits per heavy atom. The molecule has 0 heterocycles.